The molecule has 0 heterocycles. The predicted octanol–water partition coefficient (Wildman–Crippen LogP) is 3.15. The summed E-state index contributed by atoms with van der Waals surface area (Å²) in [5, 5.41) is 2.97. The summed E-state index contributed by atoms with van der Waals surface area (Å²) in [5.74, 6) is 1.02. The van der Waals surface area contributed by atoms with E-state index in [2.05, 4.69) is 5.32 Å². The molecule has 0 aromatic heterocycles. The van der Waals surface area contributed by atoms with Gasteiger partial charge in [0.1, 0.15) is 17.3 Å². The highest BCUT2D eigenvalue weighted by Gasteiger charge is 2.16. The van der Waals surface area contributed by atoms with Gasteiger partial charge in [-0.1, -0.05) is 12.1 Å². The molecule has 0 spiro atoms. The Morgan fingerprint density at radius 3 is 2.46 bits per heavy atom. The third-order valence-corrected chi connectivity index (χ3v) is 4.06. The number of amides is 1. The molecule has 0 saturated carbocycles. The fourth-order valence-corrected chi connectivity index (χ4v) is 2.75. The summed E-state index contributed by atoms with van der Waals surface area (Å²) in [6, 6.07) is 11.5. The number of halogens is 1. The number of benzene rings is 2. The molecule has 1 N–H and O–H groups in total. The fourth-order valence-electron chi connectivity index (χ4n) is 2.75. The number of ether oxygens (including phenoxy) is 2. The maximum Gasteiger partial charge on any atom is 0.234 e. The monoisotopic (exact) mass is 360 g/mol. The molecule has 2 rings (SSSR count). The molecule has 0 aliphatic rings. The van der Waals surface area contributed by atoms with Gasteiger partial charge in [-0.3, -0.25) is 9.69 Å². The Labute approximate surface area is 153 Å². The molecule has 0 fully saturated rings. The van der Waals surface area contributed by atoms with E-state index in [0.717, 1.165) is 11.1 Å². The zero-order valence-electron chi connectivity index (χ0n) is 15.6. The lowest BCUT2D eigenvalue weighted by molar-refractivity contribution is -0.122. The van der Waals surface area contributed by atoms with Crippen LogP contribution in [0.1, 0.15) is 24.1 Å². The zero-order chi connectivity index (χ0) is 19.1. The molecule has 1 atom stereocenters. The molecular formula is C20H25FN2O3. The van der Waals surface area contributed by atoms with Crippen molar-refractivity contribution in [2.45, 2.75) is 19.5 Å². The van der Waals surface area contributed by atoms with Crippen molar-refractivity contribution in [2.75, 3.05) is 27.8 Å². The standard InChI is InChI=1S/C20H25FN2O3/c1-14(18-11-17(25-3)9-10-19(18)26-4)22-20(24)13-23(2)12-15-5-7-16(21)8-6-15/h5-11,14H,12-13H2,1-4H3,(H,22,24)/t14-/m0/s1. The van der Waals surface area contributed by atoms with Crippen LogP contribution in [0.2, 0.25) is 0 Å². The third-order valence-electron chi connectivity index (χ3n) is 4.06. The SMILES string of the molecule is COc1ccc(OC)c([C@H](C)NC(=O)CN(C)Cc2ccc(F)cc2)c1. The maximum absolute atomic E-state index is 13.0. The second-order valence-corrected chi connectivity index (χ2v) is 6.20. The molecule has 5 nitrogen and oxygen atoms in total. The molecule has 0 aliphatic carbocycles. The van der Waals surface area contributed by atoms with E-state index in [4.69, 9.17) is 9.47 Å². The van der Waals surface area contributed by atoms with Crippen LogP contribution in [0.5, 0.6) is 11.5 Å². The lowest BCUT2D eigenvalue weighted by Crippen LogP contribution is -2.36. The van der Waals surface area contributed by atoms with Crippen LogP contribution in [0.15, 0.2) is 42.5 Å². The normalized spacial score (nSPS) is 11.9. The topological polar surface area (TPSA) is 50.8 Å². The average molecular weight is 360 g/mol. The van der Waals surface area contributed by atoms with Gasteiger partial charge in [-0.15, -0.1) is 0 Å². The van der Waals surface area contributed by atoms with Crippen LogP contribution in [-0.2, 0) is 11.3 Å². The summed E-state index contributed by atoms with van der Waals surface area (Å²) in [5.41, 5.74) is 1.80. The Morgan fingerprint density at radius 2 is 1.85 bits per heavy atom. The van der Waals surface area contributed by atoms with Gasteiger partial charge in [-0.2, -0.15) is 0 Å². The van der Waals surface area contributed by atoms with Crippen molar-refractivity contribution in [1.82, 2.24) is 10.2 Å². The first kappa shape index (κ1) is 19.7. The molecular weight excluding hydrogens is 335 g/mol. The number of nitrogens with one attached hydrogen (secondary N) is 1. The van der Waals surface area contributed by atoms with Crippen LogP contribution in [0.25, 0.3) is 0 Å². The van der Waals surface area contributed by atoms with Gasteiger partial charge in [0.05, 0.1) is 26.8 Å². The average Bonchev–Trinajstić information content (AvgIpc) is 2.62. The highest BCUT2D eigenvalue weighted by molar-refractivity contribution is 5.78. The van der Waals surface area contributed by atoms with Crippen molar-refractivity contribution < 1.29 is 18.7 Å². The summed E-state index contributed by atoms with van der Waals surface area (Å²) in [7, 11) is 5.04. The first-order chi connectivity index (χ1) is 12.4. The number of carbonyl (C=O) groups is 1. The first-order valence-corrected chi connectivity index (χ1v) is 8.37. The van der Waals surface area contributed by atoms with Gasteiger partial charge in [0.2, 0.25) is 5.91 Å². The quantitative estimate of drug-likeness (QED) is 0.786. The van der Waals surface area contributed by atoms with Crippen molar-refractivity contribution in [3.05, 3.63) is 59.4 Å². The van der Waals surface area contributed by atoms with Gasteiger partial charge in [0.15, 0.2) is 0 Å². The number of nitrogens with zero attached hydrogens (tertiary/aromatic N) is 1. The largest absolute Gasteiger partial charge is 0.497 e. The van der Waals surface area contributed by atoms with Gasteiger partial charge >= 0.3 is 0 Å². The van der Waals surface area contributed by atoms with Crippen LogP contribution in [0, 0.1) is 5.82 Å². The predicted molar refractivity (Wildman–Crippen MR) is 98.8 cm³/mol. The second-order valence-electron chi connectivity index (χ2n) is 6.20. The number of rotatable bonds is 8. The maximum atomic E-state index is 13.0. The minimum atomic E-state index is -0.268. The third kappa shape index (κ3) is 5.46. The van der Waals surface area contributed by atoms with E-state index < -0.39 is 0 Å². The lowest BCUT2D eigenvalue weighted by atomic mass is 10.1. The van der Waals surface area contributed by atoms with Crippen molar-refractivity contribution in [3.63, 3.8) is 0 Å². The molecule has 1 amide bonds. The smallest absolute Gasteiger partial charge is 0.234 e. The molecule has 0 aliphatic heterocycles. The summed E-state index contributed by atoms with van der Waals surface area (Å²) >= 11 is 0. The Bertz CT molecular complexity index is 734. The van der Waals surface area contributed by atoms with Gasteiger partial charge in [-0.25, -0.2) is 4.39 Å². The van der Waals surface area contributed by atoms with Crippen LogP contribution in [-0.4, -0.2) is 38.6 Å². The Kier molecular flexibility index (Phi) is 6.97. The van der Waals surface area contributed by atoms with E-state index in [1.165, 1.54) is 12.1 Å². The van der Waals surface area contributed by atoms with Crippen LogP contribution in [0.3, 0.4) is 0 Å². The number of hydrogen-bond donors (Lipinski definition) is 1. The summed E-state index contributed by atoms with van der Waals surface area (Å²) < 4.78 is 23.6. The Hall–Kier alpha value is -2.60. The summed E-state index contributed by atoms with van der Waals surface area (Å²) in [6.45, 7) is 2.69. The van der Waals surface area contributed by atoms with Crippen molar-refractivity contribution >= 4 is 5.91 Å². The van der Waals surface area contributed by atoms with Gasteiger partial charge in [-0.05, 0) is 49.9 Å². The number of hydrogen-bond acceptors (Lipinski definition) is 4. The molecule has 0 bridgehead atoms. The summed E-state index contributed by atoms with van der Waals surface area (Å²) in [4.78, 5) is 14.2. The minimum Gasteiger partial charge on any atom is -0.497 e. The van der Waals surface area contributed by atoms with Gasteiger partial charge in [0, 0.05) is 12.1 Å². The van der Waals surface area contributed by atoms with E-state index in [0.29, 0.717) is 18.0 Å². The molecule has 140 valence electrons. The van der Waals surface area contributed by atoms with E-state index in [1.807, 2.05) is 37.1 Å². The second kappa shape index (κ2) is 9.20. The summed E-state index contributed by atoms with van der Waals surface area (Å²) in [6.07, 6.45) is 0. The lowest BCUT2D eigenvalue weighted by Gasteiger charge is -2.21. The Balaban J connectivity index is 1.95. The van der Waals surface area contributed by atoms with E-state index in [9.17, 15) is 9.18 Å². The van der Waals surface area contributed by atoms with Crippen LogP contribution >= 0.6 is 0 Å². The Morgan fingerprint density at radius 1 is 1.15 bits per heavy atom. The fraction of sp³-hybridized carbons (Fsp3) is 0.350. The van der Waals surface area contributed by atoms with E-state index in [1.54, 1.807) is 26.4 Å². The van der Waals surface area contributed by atoms with E-state index >= 15 is 0 Å². The molecule has 2 aromatic rings. The van der Waals surface area contributed by atoms with Crippen molar-refractivity contribution in [3.8, 4) is 11.5 Å². The zero-order valence-corrected chi connectivity index (χ0v) is 15.6. The molecule has 0 saturated heterocycles. The highest BCUT2D eigenvalue weighted by Crippen LogP contribution is 2.29. The number of carbonyl (C=O) groups excluding carboxylic acids is 1. The number of likely N-dealkylation sites (N-methyl/N-ethyl adjacent to an activating group) is 1. The minimum absolute atomic E-state index is 0.105. The molecule has 2 aromatic carbocycles. The van der Waals surface area contributed by atoms with Crippen LogP contribution < -0.4 is 14.8 Å². The van der Waals surface area contributed by atoms with Crippen LogP contribution in [0.4, 0.5) is 4.39 Å². The highest BCUT2D eigenvalue weighted by atomic mass is 19.1. The van der Waals surface area contributed by atoms with Gasteiger partial charge < -0.3 is 14.8 Å². The molecule has 0 unspecified atom stereocenters. The first-order valence-electron chi connectivity index (χ1n) is 8.37. The van der Waals surface area contributed by atoms with E-state index in [-0.39, 0.29) is 24.3 Å². The van der Waals surface area contributed by atoms with Gasteiger partial charge in [0.25, 0.3) is 0 Å². The molecule has 0 radical (unpaired) electrons. The van der Waals surface area contributed by atoms with Crippen molar-refractivity contribution in [2.24, 2.45) is 0 Å². The van der Waals surface area contributed by atoms with Crippen molar-refractivity contribution in [1.29, 1.82) is 0 Å². The number of methoxy groups -OCH3 is 2. The molecule has 26 heavy (non-hydrogen) atoms. The molecule has 6 heteroatoms.